The van der Waals surface area contributed by atoms with Gasteiger partial charge < -0.3 is 19.3 Å². The first-order chi connectivity index (χ1) is 10.7. The molecule has 0 aromatic carbocycles. The lowest BCUT2D eigenvalue weighted by molar-refractivity contribution is -0.139. The molecule has 3 aliphatic heterocycles. The van der Waals surface area contributed by atoms with Crippen molar-refractivity contribution in [2.75, 3.05) is 31.6 Å². The minimum Gasteiger partial charge on any atom is -0.497 e. The third-order valence-corrected chi connectivity index (χ3v) is 5.06. The van der Waals surface area contributed by atoms with Crippen LogP contribution in [0.3, 0.4) is 0 Å². The third-order valence-electron chi connectivity index (χ3n) is 5.06. The molecule has 22 heavy (non-hydrogen) atoms. The van der Waals surface area contributed by atoms with Gasteiger partial charge in [-0.3, -0.25) is 4.79 Å². The molecule has 3 fully saturated rings. The van der Waals surface area contributed by atoms with E-state index >= 15 is 0 Å². The molecule has 1 unspecified atom stereocenters. The van der Waals surface area contributed by atoms with Gasteiger partial charge in [0.15, 0.2) is 5.60 Å². The molecule has 0 aliphatic carbocycles. The summed E-state index contributed by atoms with van der Waals surface area (Å²) in [5.41, 5.74) is -0.583. The normalized spacial score (nSPS) is 26.6. The zero-order valence-corrected chi connectivity index (χ0v) is 12.8. The number of pyridine rings is 1. The lowest BCUT2D eigenvalue weighted by Gasteiger charge is -2.37. The van der Waals surface area contributed by atoms with Gasteiger partial charge in [-0.25, -0.2) is 4.98 Å². The molecule has 1 spiro atoms. The number of piperidine rings is 1. The Kier molecular flexibility index (Phi) is 3.22. The van der Waals surface area contributed by atoms with Gasteiger partial charge >= 0.3 is 0 Å². The minimum atomic E-state index is -0.583. The predicted octanol–water partition coefficient (Wildman–Crippen LogP) is 1.41. The van der Waals surface area contributed by atoms with Crippen LogP contribution in [0.1, 0.15) is 25.7 Å². The van der Waals surface area contributed by atoms with Crippen LogP contribution in [0.15, 0.2) is 18.3 Å². The Balaban J connectivity index is 1.47. The molecular formula is C16H21N3O3. The Morgan fingerprint density at radius 3 is 2.91 bits per heavy atom. The molecule has 4 heterocycles. The van der Waals surface area contributed by atoms with E-state index in [2.05, 4.69) is 9.88 Å². The van der Waals surface area contributed by atoms with E-state index < -0.39 is 5.60 Å². The number of fused-ring (bicyclic) bond motifs is 1. The highest BCUT2D eigenvalue weighted by Gasteiger charge is 2.55. The number of carbonyl (C=O) groups excluding carboxylic acids is 1. The molecule has 6 heteroatoms. The summed E-state index contributed by atoms with van der Waals surface area (Å²) in [7, 11) is 1.66. The average Bonchev–Trinajstić information content (AvgIpc) is 3.11. The molecule has 1 aromatic rings. The molecule has 0 N–H and O–H groups in total. The Morgan fingerprint density at radius 2 is 2.18 bits per heavy atom. The molecular weight excluding hydrogens is 282 g/mol. The summed E-state index contributed by atoms with van der Waals surface area (Å²) in [5, 5.41) is 0. The van der Waals surface area contributed by atoms with Gasteiger partial charge in [-0.15, -0.1) is 0 Å². The van der Waals surface area contributed by atoms with E-state index in [0.29, 0.717) is 0 Å². The van der Waals surface area contributed by atoms with Gasteiger partial charge in [-0.2, -0.15) is 0 Å². The van der Waals surface area contributed by atoms with Crippen molar-refractivity contribution >= 4 is 11.7 Å². The van der Waals surface area contributed by atoms with Crippen molar-refractivity contribution in [3.8, 4) is 5.75 Å². The average molecular weight is 303 g/mol. The fourth-order valence-corrected chi connectivity index (χ4v) is 3.79. The quantitative estimate of drug-likeness (QED) is 0.827. The highest BCUT2D eigenvalue weighted by Crippen LogP contribution is 2.41. The van der Waals surface area contributed by atoms with Crippen LogP contribution in [0, 0.1) is 0 Å². The zero-order chi connectivity index (χ0) is 15.2. The number of carbonyl (C=O) groups is 1. The number of hydrogen-bond acceptors (Lipinski definition) is 5. The second-order valence-electron chi connectivity index (χ2n) is 6.25. The molecule has 0 bridgehead atoms. The maximum atomic E-state index is 12.7. The van der Waals surface area contributed by atoms with E-state index in [1.807, 2.05) is 17.0 Å². The molecule has 1 atom stereocenters. The van der Waals surface area contributed by atoms with Crippen LogP contribution in [0.5, 0.6) is 5.75 Å². The van der Waals surface area contributed by atoms with Crippen molar-refractivity contribution in [1.29, 1.82) is 0 Å². The molecule has 0 saturated carbocycles. The monoisotopic (exact) mass is 303 g/mol. The van der Waals surface area contributed by atoms with E-state index in [-0.39, 0.29) is 12.1 Å². The summed E-state index contributed by atoms with van der Waals surface area (Å²) in [4.78, 5) is 21.2. The molecule has 0 radical (unpaired) electrons. The van der Waals surface area contributed by atoms with E-state index in [1.54, 1.807) is 13.3 Å². The maximum absolute atomic E-state index is 12.7. The first kappa shape index (κ1) is 13.8. The second kappa shape index (κ2) is 5.12. The number of anilines is 1. The highest BCUT2D eigenvalue weighted by atomic mass is 16.6. The largest absolute Gasteiger partial charge is 0.497 e. The number of aromatic nitrogens is 1. The van der Waals surface area contributed by atoms with Crippen molar-refractivity contribution in [2.45, 2.75) is 37.5 Å². The summed E-state index contributed by atoms with van der Waals surface area (Å²) in [5.74, 6) is 1.91. The maximum Gasteiger partial charge on any atom is 0.257 e. The smallest absolute Gasteiger partial charge is 0.257 e. The molecule has 4 rings (SSSR count). The first-order valence-corrected chi connectivity index (χ1v) is 7.96. The standard InChI is InChI=1S/C16H21N3O3/c1-21-12-4-7-17-13(11-12)18-9-5-16(6-10-18)15(20)19-8-2-3-14(19)22-16/h4,7,11,14H,2-3,5-6,8-10H2,1H3. The molecule has 3 aliphatic rings. The number of ether oxygens (including phenoxy) is 2. The van der Waals surface area contributed by atoms with Crippen LogP contribution in [0.2, 0.25) is 0 Å². The predicted molar refractivity (Wildman–Crippen MR) is 80.8 cm³/mol. The fraction of sp³-hybridized carbons (Fsp3) is 0.625. The first-order valence-electron chi connectivity index (χ1n) is 7.96. The van der Waals surface area contributed by atoms with E-state index in [9.17, 15) is 4.79 Å². The number of nitrogens with zero attached hydrogens (tertiary/aromatic N) is 3. The molecule has 3 saturated heterocycles. The van der Waals surface area contributed by atoms with Gasteiger partial charge in [0.1, 0.15) is 17.8 Å². The van der Waals surface area contributed by atoms with E-state index in [1.165, 1.54) is 0 Å². The van der Waals surface area contributed by atoms with Gasteiger partial charge in [-0.05, 0) is 18.9 Å². The van der Waals surface area contributed by atoms with Crippen LogP contribution in [0.25, 0.3) is 0 Å². The van der Waals surface area contributed by atoms with Crippen LogP contribution >= 0.6 is 0 Å². The molecule has 1 amide bonds. The van der Waals surface area contributed by atoms with E-state index in [0.717, 1.165) is 56.9 Å². The Bertz CT molecular complexity index is 584. The van der Waals surface area contributed by atoms with Gasteiger partial charge in [0.05, 0.1) is 7.11 Å². The topological polar surface area (TPSA) is 54.9 Å². The molecule has 1 aromatic heterocycles. The molecule has 6 nitrogen and oxygen atoms in total. The van der Waals surface area contributed by atoms with Crippen molar-refractivity contribution in [3.05, 3.63) is 18.3 Å². The van der Waals surface area contributed by atoms with Gasteiger partial charge in [0, 0.05) is 44.7 Å². The van der Waals surface area contributed by atoms with Crippen LogP contribution in [-0.2, 0) is 9.53 Å². The van der Waals surface area contributed by atoms with Crippen LogP contribution in [0.4, 0.5) is 5.82 Å². The number of methoxy groups -OCH3 is 1. The van der Waals surface area contributed by atoms with Crippen molar-refractivity contribution in [1.82, 2.24) is 9.88 Å². The summed E-state index contributed by atoms with van der Waals surface area (Å²) >= 11 is 0. The summed E-state index contributed by atoms with van der Waals surface area (Å²) in [6.07, 6.45) is 5.29. The van der Waals surface area contributed by atoms with Gasteiger partial charge in [0.2, 0.25) is 0 Å². The van der Waals surface area contributed by atoms with Crippen molar-refractivity contribution in [3.63, 3.8) is 0 Å². The molecule has 118 valence electrons. The fourth-order valence-electron chi connectivity index (χ4n) is 3.79. The summed E-state index contributed by atoms with van der Waals surface area (Å²) < 4.78 is 11.4. The number of rotatable bonds is 2. The van der Waals surface area contributed by atoms with Crippen molar-refractivity contribution in [2.24, 2.45) is 0 Å². The number of amides is 1. The van der Waals surface area contributed by atoms with Crippen LogP contribution < -0.4 is 9.64 Å². The summed E-state index contributed by atoms with van der Waals surface area (Å²) in [6.45, 7) is 2.42. The third kappa shape index (κ3) is 2.05. The lowest BCUT2D eigenvalue weighted by Crippen LogP contribution is -2.50. The number of hydrogen-bond donors (Lipinski definition) is 0. The highest BCUT2D eigenvalue weighted by molar-refractivity contribution is 5.87. The minimum absolute atomic E-state index is 0.0222. The van der Waals surface area contributed by atoms with Gasteiger partial charge in [0.25, 0.3) is 5.91 Å². The summed E-state index contributed by atoms with van der Waals surface area (Å²) in [6, 6.07) is 3.78. The Morgan fingerprint density at radius 1 is 1.36 bits per heavy atom. The lowest BCUT2D eigenvalue weighted by atomic mass is 9.90. The SMILES string of the molecule is COc1ccnc(N2CCC3(CC2)OC2CCCN2C3=O)c1. The van der Waals surface area contributed by atoms with E-state index in [4.69, 9.17) is 9.47 Å². The van der Waals surface area contributed by atoms with Gasteiger partial charge in [-0.1, -0.05) is 0 Å². The Labute approximate surface area is 130 Å². The zero-order valence-electron chi connectivity index (χ0n) is 12.8. The van der Waals surface area contributed by atoms with Crippen LogP contribution in [-0.4, -0.2) is 54.4 Å². The Hall–Kier alpha value is -1.82. The second-order valence-corrected chi connectivity index (χ2v) is 6.25. The van der Waals surface area contributed by atoms with Crippen molar-refractivity contribution < 1.29 is 14.3 Å².